The van der Waals surface area contributed by atoms with Gasteiger partial charge in [0.05, 0.1) is 56.9 Å². The zero-order valence-corrected chi connectivity index (χ0v) is 54.1. The normalized spacial score (nSPS) is 55.7. The van der Waals surface area contributed by atoms with Gasteiger partial charge >= 0.3 is 0 Å². The van der Waals surface area contributed by atoms with Crippen LogP contribution in [0.25, 0.3) is 0 Å². The van der Waals surface area contributed by atoms with Gasteiger partial charge in [-0.1, -0.05) is 39.3 Å². The van der Waals surface area contributed by atoms with Gasteiger partial charge in [-0.25, -0.2) is 0 Å². The van der Waals surface area contributed by atoms with Crippen LogP contribution in [0.15, 0.2) is 11.6 Å². The molecule has 0 amide bonds. The van der Waals surface area contributed by atoms with E-state index in [1.54, 1.807) is 0 Å². The Morgan fingerprint density at radius 1 is 0.511 bits per heavy atom. The van der Waals surface area contributed by atoms with Gasteiger partial charge in [-0.15, -0.1) is 0 Å². The Morgan fingerprint density at radius 2 is 0.979 bits per heavy atom. The molecule has 18 N–H and O–H groups in total. The molecule has 7 aliphatic heterocycles. The Balaban J connectivity index is 0.639. The van der Waals surface area contributed by atoms with Crippen molar-refractivity contribution in [1.82, 2.24) is 0 Å². The molecule has 0 aromatic rings. The minimum Gasteiger partial charge on any atom is -0.394 e. The number of fused-ring (bicyclic) bond motifs is 7. The van der Waals surface area contributed by atoms with Crippen molar-refractivity contribution in [1.29, 1.82) is 0 Å². The van der Waals surface area contributed by atoms with Gasteiger partial charge in [0.15, 0.2) is 43.5 Å². The first kappa shape index (κ1) is 73.7. The predicted molar refractivity (Wildman–Crippen MR) is 313 cm³/mol. The van der Waals surface area contributed by atoms with Crippen LogP contribution < -0.4 is 0 Å². The SMILES string of the molecule is CC(CC[C@@]1(O)OC2CC3C4CC=C5C[C@@H](O[C@@H]6O[C@H](CO[C@@H]7O[C@H](CO[C@H]8O[C@H](C)[C@@H](O[C@H]9O[C@H](C)[C@@H](O[C@@H]%10O[C@H](C)[C@@H](O)[C@H](O)[C@@H]%10O)[C@H](O)[C@@H]9O)[C@H](O)[C@@H]8O)[C@H](O)[C@H](O)[C@H]7O)[C@@H](O)[C@H](O)[C@H]6O)CC[C@]5(C)C4CC[C@]3(C)C2C1C)CO[C@@H]1O[C@H](CO)[C@@H](O)[C@H](O)[C@H]1O. The summed E-state index contributed by atoms with van der Waals surface area (Å²) in [7, 11) is 0. The topological polar surface area (TPSA) is 484 Å². The van der Waals surface area contributed by atoms with E-state index in [4.69, 9.17) is 61.6 Å². The van der Waals surface area contributed by atoms with Gasteiger partial charge in [-0.3, -0.25) is 0 Å². The van der Waals surface area contributed by atoms with Crippen molar-refractivity contribution < 1.29 is 153 Å². The first-order valence-electron chi connectivity index (χ1n) is 33.7. The summed E-state index contributed by atoms with van der Waals surface area (Å²) in [5.74, 6) is -0.341. The average Bonchev–Trinajstić information content (AvgIpc) is 1.50. The molecule has 4 aliphatic carbocycles. The third-order valence-electron chi connectivity index (χ3n) is 23.6. The molecular weight excluding hydrogens is 1250 g/mol. The maximum atomic E-state index is 12.1. The second-order valence-corrected chi connectivity index (χ2v) is 29.5. The number of ether oxygens (including phenoxy) is 13. The van der Waals surface area contributed by atoms with Gasteiger partial charge in [0.1, 0.15) is 128 Å². The Bertz CT molecular complexity index is 2530. The largest absolute Gasteiger partial charge is 0.394 e. The average molecular weight is 1360 g/mol. The summed E-state index contributed by atoms with van der Waals surface area (Å²) in [5.41, 5.74) is 1.03. The summed E-state index contributed by atoms with van der Waals surface area (Å²) in [4.78, 5) is 0. The molecule has 0 radical (unpaired) electrons. The Labute approximate surface area is 544 Å². The van der Waals surface area contributed by atoms with Crippen LogP contribution in [0.1, 0.15) is 106 Å². The lowest BCUT2D eigenvalue weighted by Crippen LogP contribution is -2.65. The molecule has 0 aromatic heterocycles. The van der Waals surface area contributed by atoms with E-state index in [2.05, 4.69) is 26.8 Å². The van der Waals surface area contributed by atoms with Crippen LogP contribution in [0.3, 0.4) is 0 Å². The highest BCUT2D eigenvalue weighted by atomic mass is 16.8. The van der Waals surface area contributed by atoms with Crippen molar-refractivity contribution in [2.75, 3.05) is 26.4 Å². The third kappa shape index (κ3) is 13.8. The second-order valence-electron chi connectivity index (χ2n) is 29.5. The van der Waals surface area contributed by atoms with Gasteiger partial charge in [-0.05, 0) is 113 Å². The molecule has 7 unspecified atom stereocenters. The standard InChI is InChI=1S/C63H104O31/c1-22(19-82-56-47(75)42(70)38(66)33(18-64)89-56)10-15-63(81)23(2)36-32(94-63)17-31-29-9-8-27-16-28(11-13-61(27,6)30(29)12-14-62(31,36)7)88-60-50(78)44(72)40(68)35(91-60)21-84-57-48(76)43(71)39(67)34(90-57)20-83-55-51(79)45(73)53(25(4)86-55)93-59-52(80)46(74)54(26(5)87-59)92-58-49(77)41(69)37(65)24(3)85-58/h8,22-26,28-60,64-81H,9-21H2,1-7H3/t22?,23?,24-,25-,26-,28+,29?,30?,31?,32?,33-,34-,35-,36?,37-,38-,39+,40-,41+,42+,43+,44+,45-,46-,47-,48-,49+,50-,51+,52+,53-,54-,55+,56-,57-,58+,59-,60-,61+,62+,63-/m1/s1. The van der Waals surface area contributed by atoms with E-state index < -0.39 is 216 Å². The molecule has 10 fully saturated rings. The number of aliphatic hydroxyl groups is 18. The van der Waals surface area contributed by atoms with Crippen LogP contribution >= 0.6 is 0 Å². The zero-order valence-electron chi connectivity index (χ0n) is 54.1. The molecule has 41 atom stereocenters. The van der Waals surface area contributed by atoms with Crippen LogP contribution in [0, 0.1) is 46.3 Å². The first-order chi connectivity index (χ1) is 44.3. The fraction of sp³-hybridized carbons (Fsp3) is 0.968. The molecule has 31 heteroatoms. The smallest absolute Gasteiger partial charge is 0.187 e. The van der Waals surface area contributed by atoms with E-state index in [0.29, 0.717) is 43.4 Å². The fourth-order valence-electron chi connectivity index (χ4n) is 17.7. The zero-order chi connectivity index (χ0) is 68.1. The summed E-state index contributed by atoms with van der Waals surface area (Å²) < 4.78 is 76.6. The van der Waals surface area contributed by atoms with Gasteiger partial charge < -0.3 is 153 Å². The van der Waals surface area contributed by atoms with Crippen LogP contribution in [0.5, 0.6) is 0 Å². The highest BCUT2D eigenvalue weighted by Gasteiger charge is 2.68. The molecule has 0 bridgehead atoms. The van der Waals surface area contributed by atoms with Crippen molar-refractivity contribution in [3.05, 3.63) is 11.6 Å². The van der Waals surface area contributed by atoms with Crippen LogP contribution in [0.4, 0.5) is 0 Å². The summed E-state index contributed by atoms with van der Waals surface area (Å²) in [6.45, 7) is 11.4. The molecule has 0 aromatic carbocycles. The Morgan fingerprint density at radius 3 is 1.56 bits per heavy atom. The number of aliphatic hydroxyl groups excluding tert-OH is 17. The van der Waals surface area contributed by atoms with Crippen LogP contribution in [0.2, 0.25) is 0 Å². The Kier molecular flexibility index (Phi) is 22.8. The molecule has 11 rings (SSSR count). The molecule has 7 saturated heterocycles. The van der Waals surface area contributed by atoms with E-state index in [0.717, 1.165) is 32.1 Å². The maximum absolute atomic E-state index is 12.1. The number of rotatable bonds is 19. The number of allylic oxidation sites excluding steroid dienone is 1. The van der Waals surface area contributed by atoms with Gasteiger partial charge in [0.2, 0.25) is 0 Å². The highest BCUT2D eigenvalue weighted by Crippen LogP contribution is 2.70. The van der Waals surface area contributed by atoms with Gasteiger partial charge in [-0.2, -0.15) is 0 Å². The molecule has 3 saturated carbocycles. The molecule has 542 valence electrons. The van der Waals surface area contributed by atoms with Crippen molar-refractivity contribution >= 4 is 0 Å². The number of hydrogen-bond donors (Lipinski definition) is 18. The van der Waals surface area contributed by atoms with Crippen molar-refractivity contribution in [2.45, 2.75) is 308 Å². The second kappa shape index (κ2) is 29.1. The molecule has 0 spiro atoms. The molecule has 7 heterocycles. The lowest BCUT2D eigenvalue weighted by atomic mass is 9.47. The minimum atomic E-state index is -1.89. The summed E-state index contributed by atoms with van der Waals surface area (Å²) >= 11 is 0. The quantitative estimate of drug-likeness (QED) is 0.0537. The fourth-order valence-corrected chi connectivity index (χ4v) is 17.7. The van der Waals surface area contributed by atoms with Gasteiger partial charge in [0, 0.05) is 12.3 Å². The third-order valence-corrected chi connectivity index (χ3v) is 23.6. The van der Waals surface area contributed by atoms with Crippen molar-refractivity contribution in [3.63, 3.8) is 0 Å². The number of hydrogen-bond acceptors (Lipinski definition) is 31. The lowest BCUT2D eigenvalue weighted by molar-refractivity contribution is -0.375. The first-order valence-corrected chi connectivity index (χ1v) is 33.7. The van der Waals surface area contributed by atoms with E-state index in [1.165, 1.54) is 26.3 Å². The van der Waals surface area contributed by atoms with Crippen molar-refractivity contribution in [2.24, 2.45) is 46.3 Å². The molecule has 11 aliphatic rings. The van der Waals surface area contributed by atoms with Crippen molar-refractivity contribution in [3.8, 4) is 0 Å². The minimum absolute atomic E-state index is 0.0753. The summed E-state index contributed by atoms with van der Waals surface area (Å²) in [6, 6.07) is 0. The predicted octanol–water partition coefficient (Wildman–Crippen LogP) is -5.30. The van der Waals surface area contributed by atoms with Gasteiger partial charge in [0.25, 0.3) is 0 Å². The van der Waals surface area contributed by atoms with Crippen LogP contribution in [-0.2, 0) is 61.6 Å². The maximum Gasteiger partial charge on any atom is 0.187 e. The Hall–Kier alpha value is -1.50. The summed E-state index contributed by atoms with van der Waals surface area (Å²) in [6.07, 6.45) is -38.0. The lowest BCUT2D eigenvalue weighted by Gasteiger charge is -2.58. The monoisotopic (exact) mass is 1360 g/mol. The van der Waals surface area contributed by atoms with E-state index in [-0.39, 0.29) is 41.3 Å². The molecule has 31 nitrogen and oxygen atoms in total. The van der Waals surface area contributed by atoms with E-state index >= 15 is 0 Å². The molecular formula is C63H104O31. The molecule has 94 heavy (non-hydrogen) atoms. The highest BCUT2D eigenvalue weighted by molar-refractivity contribution is 5.26. The van der Waals surface area contributed by atoms with E-state index in [1.807, 2.05) is 6.92 Å². The van der Waals surface area contributed by atoms with Crippen LogP contribution in [-0.4, -0.2) is 321 Å². The summed E-state index contributed by atoms with van der Waals surface area (Å²) in [5, 5.41) is 194. The van der Waals surface area contributed by atoms with E-state index in [9.17, 15) is 91.9 Å².